The molecule has 0 aromatic heterocycles. The van der Waals surface area contributed by atoms with Crippen molar-refractivity contribution in [1.29, 1.82) is 0 Å². The monoisotopic (exact) mass is 220 g/mol. The van der Waals surface area contributed by atoms with E-state index in [2.05, 4.69) is 52.3 Å². The molecule has 0 bridgehead atoms. The van der Waals surface area contributed by atoms with E-state index in [1.165, 1.54) is 5.19 Å². The lowest BCUT2D eigenvalue weighted by atomic mass is 10.4. The highest BCUT2D eigenvalue weighted by Gasteiger charge is 2.26. The highest BCUT2D eigenvalue weighted by molar-refractivity contribution is 7.72. The molecule has 14 heavy (non-hydrogen) atoms. The fraction of sp³-hybridized carbons (Fsp3) is 0.167. The first-order chi connectivity index (χ1) is 6.73. The predicted octanol–water partition coefficient (Wildman–Crippen LogP) is 3.09. The third-order valence-electron chi connectivity index (χ3n) is 2.37. The van der Waals surface area contributed by atoms with Gasteiger partial charge in [0.05, 0.1) is 0 Å². The molecular weight excluding hydrogens is 203 g/mol. The maximum Gasteiger partial charge on any atom is 0.114 e. The van der Waals surface area contributed by atoms with Crippen LogP contribution in [-0.4, -0.2) is 7.74 Å². The molecular formula is C12H17PSi. The molecule has 0 heterocycles. The summed E-state index contributed by atoms with van der Waals surface area (Å²) in [5.41, 5.74) is 0. The minimum atomic E-state index is -1.44. The van der Waals surface area contributed by atoms with E-state index in [1.807, 2.05) is 12.2 Å². The van der Waals surface area contributed by atoms with Gasteiger partial charge in [-0.05, 0) is 12.1 Å². The van der Waals surface area contributed by atoms with Gasteiger partial charge < -0.3 is 0 Å². The summed E-state index contributed by atoms with van der Waals surface area (Å²) in [6.07, 6.45) is 4.05. The normalized spacial score (nSPS) is 10.9. The molecule has 0 saturated carbocycles. The molecule has 0 saturated heterocycles. The first kappa shape index (κ1) is 11.4. The molecule has 1 rings (SSSR count). The Morgan fingerprint density at radius 1 is 1.07 bits per heavy atom. The summed E-state index contributed by atoms with van der Waals surface area (Å²) in [6.45, 7) is 7.68. The van der Waals surface area contributed by atoms with Crippen molar-refractivity contribution in [2.45, 2.75) is 12.1 Å². The molecule has 0 N–H and O–H groups in total. The third-order valence-corrected chi connectivity index (χ3v) is 8.30. The number of benzene rings is 1. The van der Waals surface area contributed by atoms with Crippen LogP contribution in [0.4, 0.5) is 0 Å². The summed E-state index contributed by atoms with van der Waals surface area (Å²) in [7, 11) is 1.62. The molecule has 0 amide bonds. The maximum atomic E-state index is 3.84. The van der Waals surface area contributed by atoms with Crippen molar-refractivity contribution in [3.05, 3.63) is 55.6 Å². The van der Waals surface area contributed by atoms with Gasteiger partial charge in [-0.15, -0.1) is 21.9 Å². The Bertz CT molecular complexity index is 295. The Balaban J connectivity index is 2.98. The summed E-state index contributed by atoms with van der Waals surface area (Å²) in [5.74, 6) is 0. The summed E-state index contributed by atoms with van der Waals surface area (Å²) >= 11 is 0. The molecule has 0 radical (unpaired) electrons. The Kier molecular flexibility index (Phi) is 4.31. The molecule has 1 atom stereocenters. The van der Waals surface area contributed by atoms with E-state index in [9.17, 15) is 0 Å². The Morgan fingerprint density at radius 3 is 2.00 bits per heavy atom. The van der Waals surface area contributed by atoms with Gasteiger partial charge in [-0.1, -0.05) is 47.7 Å². The Hall–Kier alpha value is -0.653. The Labute approximate surface area is 89.8 Å². The fourth-order valence-electron chi connectivity index (χ4n) is 1.60. The molecule has 74 valence electrons. The van der Waals surface area contributed by atoms with E-state index >= 15 is 0 Å². The molecule has 1 aromatic carbocycles. The second-order valence-electron chi connectivity index (χ2n) is 3.51. The number of rotatable bonds is 5. The second-order valence-corrected chi connectivity index (χ2v) is 10.5. The second kappa shape index (κ2) is 5.28. The number of allylic oxidation sites excluding steroid dienone is 2. The van der Waals surface area contributed by atoms with Crippen LogP contribution in [0.2, 0.25) is 12.1 Å². The van der Waals surface area contributed by atoms with Gasteiger partial charge in [0, 0.05) is 0 Å². The zero-order valence-electron chi connectivity index (χ0n) is 8.45. The SMILES string of the molecule is C=CC[Si](P)(CC=C)c1ccccc1. The molecule has 0 fully saturated rings. The van der Waals surface area contributed by atoms with E-state index in [0.29, 0.717) is 0 Å². The van der Waals surface area contributed by atoms with Crippen molar-refractivity contribution in [3.63, 3.8) is 0 Å². The van der Waals surface area contributed by atoms with Crippen LogP contribution in [0.25, 0.3) is 0 Å². The predicted molar refractivity (Wildman–Crippen MR) is 71.5 cm³/mol. The van der Waals surface area contributed by atoms with E-state index in [1.54, 1.807) is 0 Å². The Morgan fingerprint density at radius 2 is 1.57 bits per heavy atom. The van der Waals surface area contributed by atoms with Crippen molar-refractivity contribution in [2.75, 3.05) is 0 Å². The van der Waals surface area contributed by atoms with Crippen LogP contribution < -0.4 is 5.19 Å². The summed E-state index contributed by atoms with van der Waals surface area (Å²) < 4.78 is 0. The smallest absolute Gasteiger partial charge is 0.114 e. The van der Waals surface area contributed by atoms with Crippen LogP contribution in [-0.2, 0) is 0 Å². The molecule has 0 aliphatic carbocycles. The molecule has 0 spiro atoms. The van der Waals surface area contributed by atoms with E-state index in [0.717, 1.165) is 12.1 Å². The zero-order valence-corrected chi connectivity index (χ0v) is 10.6. The van der Waals surface area contributed by atoms with Crippen LogP contribution >= 0.6 is 8.79 Å². The quantitative estimate of drug-likeness (QED) is 0.406. The number of hydrogen-bond acceptors (Lipinski definition) is 0. The first-order valence-corrected chi connectivity index (χ1v) is 9.01. The van der Waals surface area contributed by atoms with Crippen molar-refractivity contribution >= 4 is 21.7 Å². The fourth-order valence-corrected chi connectivity index (χ4v) is 5.71. The molecule has 0 aliphatic heterocycles. The van der Waals surface area contributed by atoms with Gasteiger partial charge in [-0.2, -0.15) is 0 Å². The molecule has 2 heteroatoms. The highest BCUT2D eigenvalue weighted by atomic mass is 31.3. The van der Waals surface area contributed by atoms with Gasteiger partial charge >= 0.3 is 0 Å². The van der Waals surface area contributed by atoms with E-state index < -0.39 is 7.74 Å². The standard InChI is InChI=1S/C12H17PSi/c1-3-10-14(13,11-4-2)12-8-6-5-7-9-12/h3-9H,1-2,10-11,13H2. The first-order valence-electron chi connectivity index (χ1n) is 4.79. The van der Waals surface area contributed by atoms with Gasteiger partial charge in [-0.3, -0.25) is 0 Å². The summed E-state index contributed by atoms with van der Waals surface area (Å²) in [4.78, 5) is 0. The summed E-state index contributed by atoms with van der Waals surface area (Å²) in [6, 6.07) is 12.9. The van der Waals surface area contributed by atoms with Crippen LogP contribution in [0, 0.1) is 0 Å². The van der Waals surface area contributed by atoms with Gasteiger partial charge in [0.2, 0.25) is 0 Å². The third kappa shape index (κ3) is 2.67. The van der Waals surface area contributed by atoms with Gasteiger partial charge in [0.1, 0.15) is 7.74 Å². The lowest BCUT2D eigenvalue weighted by Crippen LogP contribution is -2.40. The van der Waals surface area contributed by atoms with E-state index in [-0.39, 0.29) is 0 Å². The van der Waals surface area contributed by atoms with Crippen LogP contribution in [0.1, 0.15) is 0 Å². The number of hydrogen-bond donors (Lipinski definition) is 0. The van der Waals surface area contributed by atoms with Crippen LogP contribution in [0.15, 0.2) is 55.6 Å². The minimum absolute atomic E-state index is 1.09. The van der Waals surface area contributed by atoms with Gasteiger partial charge in [0.25, 0.3) is 0 Å². The average Bonchev–Trinajstić information content (AvgIpc) is 2.20. The van der Waals surface area contributed by atoms with Crippen molar-refractivity contribution in [3.8, 4) is 0 Å². The van der Waals surface area contributed by atoms with Crippen molar-refractivity contribution in [2.24, 2.45) is 0 Å². The lowest BCUT2D eigenvalue weighted by molar-refractivity contribution is 1.52. The highest BCUT2D eigenvalue weighted by Crippen LogP contribution is 2.23. The molecule has 1 aromatic rings. The van der Waals surface area contributed by atoms with E-state index in [4.69, 9.17) is 0 Å². The average molecular weight is 220 g/mol. The lowest BCUT2D eigenvalue weighted by Gasteiger charge is -2.24. The molecule has 0 aliphatic rings. The van der Waals surface area contributed by atoms with Crippen LogP contribution in [0.5, 0.6) is 0 Å². The van der Waals surface area contributed by atoms with Crippen LogP contribution in [0.3, 0.4) is 0 Å². The van der Waals surface area contributed by atoms with Crippen molar-refractivity contribution < 1.29 is 0 Å². The molecule has 0 nitrogen and oxygen atoms in total. The summed E-state index contributed by atoms with van der Waals surface area (Å²) in [5, 5.41) is 1.46. The molecule has 1 unspecified atom stereocenters. The largest absolute Gasteiger partial charge is 0.143 e. The zero-order chi connectivity index (χ0) is 10.4. The van der Waals surface area contributed by atoms with Gasteiger partial charge in [-0.25, -0.2) is 0 Å². The van der Waals surface area contributed by atoms with Gasteiger partial charge in [0.15, 0.2) is 0 Å². The van der Waals surface area contributed by atoms with Crippen molar-refractivity contribution in [1.82, 2.24) is 0 Å². The maximum absolute atomic E-state index is 3.84. The topological polar surface area (TPSA) is 0 Å². The minimum Gasteiger partial charge on any atom is -0.143 e.